The molecule has 24 heavy (non-hydrogen) atoms. The molecule has 0 saturated carbocycles. The predicted octanol–water partition coefficient (Wildman–Crippen LogP) is 3.54. The maximum absolute atomic E-state index is 6.37. The number of nitrogens with one attached hydrogen (secondary N) is 2. The van der Waals surface area contributed by atoms with Gasteiger partial charge >= 0.3 is 0 Å². The summed E-state index contributed by atoms with van der Waals surface area (Å²) < 4.78 is 6.37. The fraction of sp³-hybridized carbons (Fsp3) is 0.263. The number of hydrazone groups is 1. The lowest BCUT2D eigenvalue weighted by Gasteiger charge is -2.39. The average molecular weight is 339 g/mol. The zero-order valence-electron chi connectivity index (χ0n) is 13.7. The Kier molecular flexibility index (Phi) is 5.23. The highest BCUT2D eigenvalue weighted by Crippen LogP contribution is 2.30. The van der Waals surface area contributed by atoms with Crippen LogP contribution in [0.3, 0.4) is 0 Å². The van der Waals surface area contributed by atoms with E-state index >= 15 is 0 Å². The van der Waals surface area contributed by atoms with Gasteiger partial charge in [0, 0.05) is 11.1 Å². The number of hydrogen-bond donors (Lipinski definition) is 2. The molecule has 0 fully saturated rings. The first kappa shape index (κ1) is 16.6. The minimum atomic E-state index is -0.889. The van der Waals surface area contributed by atoms with E-state index in [1.54, 1.807) is 0 Å². The largest absolute Gasteiger partial charge is 0.346 e. The topological polar surface area (TPSA) is 45.6 Å². The molecule has 5 heteroatoms. The number of ether oxygens (including phenoxy) is 1. The van der Waals surface area contributed by atoms with Gasteiger partial charge in [0.05, 0.1) is 6.61 Å². The van der Waals surface area contributed by atoms with Gasteiger partial charge in [0.2, 0.25) is 5.72 Å². The van der Waals surface area contributed by atoms with Gasteiger partial charge in [-0.25, -0.2) is 0 Å². The fourth-order valence-corrected chi connectivity index (χ4v) is 2.92. The van der Waals surface area contributed by atoms with Crippen LogP contribution in [0.4, 0.5) is 0 Å². The monoisotopic (exact) mass is 339 g/mol. The summed E-state index contributed by atoms with van der Waals surface area (Å²) in [7, 11) is 0. The molecule has 4 nitrogen and oxygen atoms in total. The SMILES string of the molecule is CCCCO[C@]1(c2ccccc2)NC(=S)NN=C1c1ccccc1. The highest BCUT2D eigenvalue weighted by Gasteiger charge is 2.43. The van der Waals surface area contributed by atoms with Crippen molar-refractivity contribution in [3.8, 4) is 0 Å². The Morgan fingerprint density at radius 1 is 1.04 bits per heavy atom. The fourth-order valence-electron chi connectivity index (χ4n) is 2.74. The van der Waals surface area contributed by atoms with Gasteiger partial charge < -0.3 is 10.1 Å². The molecule has 0 aromatic heterocycles. The molecule has 0 bridgehead atoms. The highest BCUT2D eigenvalue weighted by molar-refractivity contribution is 7.80. The molecule has 124 valence electrons. The van der Waals surface area contributed by atoms with Crippen LogP contribution in [0.25, 0.3) is 0 Å². The van der Waals surface area contributed by atoms with E-state index in [9.17, 15) is 0 Å². The van der Waals surface area contributed by atoms with Gasteiger partial charge in [0.1, 0.15) is 5.71 Å². The maximum Gasteiger partial charge on any atom is 0.212 e. The summed E-state index contributed by atoms with van der Waals surface area (Å²) in [5, 5.41) is 8.30. The minimum absolute atomic E-state index is 0.454. The summed E-state index contributed by atoms with van der Waals surface area (Å²) in [6, 6.07) is 20.1. The quantitative estimate of drug-likeness (QED) is 0.624. The molecule has 1 aliphatic rings. The van der Waals surface area contributed by atoms with Gasteiger partial charge in [-0.2, -0.15) is 5.10 Å². The molecular formula is C19H21N3OS. The van der Waals surface area contributed by atoms with Crippen molar-refractivity contribution in [3.05, 3.63) is 71.8 Å². The second-order valence-corrected chi connectivity index (χ2v) is 6.05. The molecule has 2 N–H and O–H groups in total. The first-order valence-corrected chi connectivity index (χ1v) is 8.58. The summed E-state index contributed by atoms with van der Waals surface area (Å²) in [6.07, 6.45) is 2.03. The van der Waals surface area contributed by atoms with Crippen LogP contribution >= 0.6 is 12.2 Å². The van der Waals surface area contributed by atoms with E-state index < -0.39 is 5.72 Å². The van der Waals surface area contributed by atoms with Crippen molar-refractivity contribution >= 4 is 23.0 Å². The first-order chi connectivity index (χ1) is 11.8. The summed E-state index contributed by atoms with van der Waals surface area (Å²) in [6.45, 7) is 2.76. The van der Waals surface area contributed by atoms with E-state index in [2.05, 4.69) is 22.8 Å². The highest BCUT2D eigenvalue weighted by atomic mass is 32.1. The third-order valence-electron chi connectivity index (χ3n) is 3.94. The maximum atomic E-state index is 6.37. The molecule has 0 unspecified atom stereocenters. The number of unbranched alkanes of at least 4 members (excludes halogenated alkanes) is 1. The number of benzene rings is 2. The molecule has 0 amide bonds. The average Bonchev–Trinajstić information content (AvgIpc) is 2.63. The first-order valence-electron chi connectivity index (χ1n) is 8.17. The Morgan fingerprint density at radius 2 is 1.71 bits per heavy atom. The van der Waals surface area contributed by atoms with Crippen molar-refractivity contribution < 1.29 is 4.74 Å². The predicted molar refractivity (Wildman–Crippen MR) is 101 cm³/mol. The Bertz CT molecular complexity index is 718. The van der Waals surface area contributed by atoms with E-state index in [1.165, 1.54) is 0 Å². The number of rotatable bonds is 6. The lowest BCUT2D eigenvalue weighted by Crippen LogP contribution is -2.60. The van der Waals surface area contributed by atoms with E-state index in [-0.39, 0.29) is 0 Å². The summed E-state index contributed by atoms with van der Waals surface area (Å²) >= 11 is 5.33. The van der Waals surface area contributed by atoms with E-state index in [4.69, 9.17) is 17.0 Å². The van der Waals surface area contributed by atoms with Gasteiger partial charge in [0.15, 0.2) is 5.11 Å². The Labute approximate surface area is 147 Å². The van der Waals surface area contributed by atoms with Crippen molar-refractivity contribution in [1.29, 1.82) is 0 Å². The molecular weight excluding hydrogens is 318 g/mol. The Balaban J connectivity index is 2.10. The van der Waals surface area contributed by atoms with Crippen LogP contribution < -0.4 is 10.7 Å². The molecule has 0 aliphatic carbocycles. The van der Waals surface area contributed by atoms with E-state index in [0.717, 1.165) is 29.7 Å². The van der Waals surface area contributed by atoms with E-state index in [0.29, 0.717) is 11.7 Å². The van der Waals surface area contributed by atoms with Gasteiger partial charge in [0.25, 0.3) is 0 Å². The zero-order valence-corrected chi connectivity index (χ0v) is 14.5. The third-order valence-corrected chi connectivity index (χ3v) is 4.13. The van der Waals surface area contributed by atoms with Crippen LogP contribution in [-0.2, 0) is 10.5 Å². The van der Waals surface area contributed by atoms with Crippen LogP contribution in [0.15, 0.2) is 65.8 Å². The number of thiocarbonyl (C=S) groups is 1. The van der Waals surface area contributed by atoms with Gasteiger partial charge in [-0.05, 0) is 18.6 Å². The molecule has 1 heterocycles. The normalized spacial score (nSPS) is 20.0. The van der Waals surface area contributed by atoms with Crippen LogP contribution in [0, 0.1) is 0 Å². The van der Waals surface area contributed by atoms with Gasteiger partial charge in [-0.1, -0.05) is 74.0 Å². The Morgan fingerprint density at radius 3 is 2.38 bits per heavy atom. The molecule has 0 spiro atoms. The van der Waals surface area contributed by atoms with Crippen LogP contribution in [0.5, 0.6) is 0 Å². The lowest BCUT2D eigenvalue weighted by atomic mass is 9.91. The van der Waals surface area contributed by atoms with Crippen LogP contribution in [0.2, 0.25) is 0 Å². The Hall–Kier alpha value is -2.24. The second kappa shape index (κ2) is 7.55. The third kappa shape index (κ3) is 3.32. The molecule has 1 aliphatic heterocycles. The number of hydrogen-bond acceptors (Lipinski definition) is 3. The smallest absolute Gasteiger partial charge is 0.212 e. The molecule has 2 aromatic rings. The van der Waals surface area contributed by atoms with Crippen LogP contribution in [-0.4, -0.2) is 17.4 Å². The van der Waals surface area contributed by atoms with Gasteiger partial charge in [-0.3, -0.25) is 5.43 Å². The summed E-state index contributed by atoms with van der Waals surface area (Å²) in [5.74, 6) is 0. The minimum Gasteiger partial charge on any atom is -0.346 e. The van der Waals surface area contributed by atoms with Crippen molar-refractivity contribution in [2.24, 2.45) is 5.10 Å². The van der Waals surface area contributed by atoms with Gasteiger partial charge in [-0.15, -0.1) is 0 Å². The van der Waals surface area contributed by atoms with Crippen LogP contribution in [0.1, 0.15) is 30.9 Å². The molecule has 3 rings (SSSR count). The van der Waals surface area contributed by atoms with E-state index in [1.807, 2.05) is 60.7 Å². The second-order valence-electron chi connectivity index (χ2n) is 5.64. The molecule has 0 radical (unpaired) electrons. The summed E-state index contributed by atoms with van der Waals surface area (Å²) in [4.78, 5) is 0. The van der Waals surface area contributed by atoms with Crippen molar-refractivity contribution in [2.45, 2.75) is 25.5 Å². The van der Waals surface area contributed by atoms with Crippen molar-refractivity contribution in [2.75, 3.05) is 6.61 Å². The number of nitrogens with zero attached hydrogens (tertiary/aromatic N) is 1. The lowest BCUT2D eigenvalue weighted by molar-refractivity contribution is -0.0112. The van der Waals surface area contributed by atoms with Crippen molar-refractivity contribution in [3.63, 3.8) is 0 Å². The zero-order chi connectivity index (χ0) is 16.8. The molecule has 2 aromatic carbocycles. The summed E-state index contributed by atoms with van der Waals surface area (Å²) in [5.41, 5.74) is 4.73. The molecule has 1 atom stereocenters. The van der Waals surface area contributed by atoms with Crippen molar-refractivity contribution in [1.82, 2.24) is 10.7 Å². The standard InChI is InChI=1S/C19H21N3OS/c1-2-3-14-23-19(16-12-8-5-9-13-16)17(21-22-18(24)20-19)15-10-6-4-7-11-15/h4-13H,2-3,14H2,1H3,(H2,20,22,24)/t19-/m0/s1. The molecule has 0 saturated heterocycles.